The third-order valence-electron chi connectivity index (χ3n) is 12.7. The zero-order valence-electron chi connectivity index (χ0n) is 41.3. The number of likely N-dealkylation sites (tertiary alicyclic amines) is 1. The second-order valence-electron chi connectivity index (χ2n) is 18.5. The quantitative estimate of drug-likeness (QED) is 0.0672. The molecule has 3 saturated heterocycles. The average Bonchev–Trinajstić information content (AvgIpc) is 3.65. The van der Waals surface area contributed by atoms with E-state index in [2.05, 4.69) is 42.5 Å². The molecule has 2 aromatic rings. The van der Waals surface area contributed by atoms with Gasteiger partial charge in [-0.1, -0.05) is 43.6 Å². The molecule has 3 fully saturated rings. The zero-order chi connectivity index (χ0) is 52.5. The third-order valence-corrected chi connectivity index (χ3v) is 15.0. The maximum Gasteiger partial charge on any atom is 0.246 e. The number of nitrogens with zero attached hydrogens (tertiary/aromatic N) is 2. The fourth-order valence-electron chi connectivity index (χ4n) is 8.57. The smallest absolute Gasteiger partial charge is 0.246 e. The number of hydrogen-bond acceptors (Lipinski definition) is 14. The Morgan fingerprint density at radius 3 is 2.18 bits per heavy atom. The lowest BCUT2D eigenvalue weighted by Gasteiger charge is -2.32. The molecule has 24 heteroatoms. The molecule has 396 valence electrons. The number of likely N-dealkylation sites (N-methyl/N-ethyl adjacent to an activating group) is 1. The van der Waals surface area contributed by atoms with Crippen molar-refractivity contribution in [2.24, 2.45) is 17.4 Å². The number of amides is 9. The molecule has 0 radical (unpaired) electrons. The minimum atomic E-state index is -1.59. The summed E-state index contributed by atoms with van der Waals surface area (Å²) in [5.74, 6) is -6.21. The summed E-state index contributed by atoms with van der Waals surface area (Å²) in [7, 11) is 0. The largest absolute Gasteiger partial charge is 0.370 e. The summed E-state index contributed by atoms with van der Waals surface area (Å²) in [6, 6.07) is 1.98. The molecule has 12 N–H and O–H groups in total. The second kappa shape index (κ2) is 28.2. The maximum absolute atomic E-state index is 14.7. The van der Waals surface area contributed by atoms with Crippen LogP contribution in [0.5, 0.6) is 0 Å². The van der Waals surface area contributed by atoms with Crippen molar-refractivity contribution in [3.63, 3.8) is 0 Å². The van der Waals surface area contributed by atoms with Gasteiger partial charge in [0.1, 0.15) is 42.3 Å². The first-order valence-electron chi connectivity index (χ1n) is 24.7. The van der Waals surface area contributed by atoms with Crippen molar-refractivity contribution < 1.29 is 43.2 Å². The van der Waals surface area contributed by atoms with Crippen molar-refractivity contribution in [2.45, 2.75) is 140 Å². The van der Waals surface area contributed by atoms with E-state index in [1.807, 2.05) is 19.2 Å². The van der Waals surface area contributed by atoms with E-state index in [0.29, 0.717) is 55.2 Å². The number of rotatable bonds is 18. The van der Waals surface area contributed by atoms with Crippen LogP contribution in [0.15, 0.2) is 41.8 Å². The Morgan fingerprint density at radius 2 is 1.54 bits per heavy atom. The number of benzene rings is 1. The highest BCUT2D eigenvalue weighted by molar-refractivity contribution is 7.99. The van der Waals surface area contributed by atoms with Gasteiger partial charge in [0.2, 0.25) is 53.2 Å². The van der Waals surface area contributed by atoms with Crippen molar-refractivity contribution in [1.82, 2.24) is 52.3 Å². The van der Waals surface area contributed by atoms with E-state index in [0.717, 1.165) is 4.88 Å². The van der Waals surface area contributed by atoms with Crippen molar-refractivity contribution >= 4 is 87.9 Å². The molecule has 0 spiro atoms. The van der Waals surface area contributed by atoms with Crippen LogP contribution in [0.4, 0.5) is 0 Å². The number of nitrogens with one attached hydrogen (secondary N) is 8. The highest BCUT2D eigenvalue weighted by Gasteiger charge is 2.41. The van der Waals surface area contributed by atoms with Gasteiger partial charge in [0.25, 0.3) is 0 Å². The van der Waals surface area contributed by atoms with Gasteiger partial charge in [-0.2, -0.15) is 11.8 Å². The lowest BCUT2D eigenvalue weighted by molar-refractivity contribution is -0.143. The summed E-state index contributed by atoms with van der Waals surface area (Å²) in [4.78, 5) is 129. The maximum atomic E-state index is 14.7. The van der Waals surface area contributed by atoms with E-state index < -0.39 is 102 Å². The third kappa shape index (κ3) is 17.4. The van der Waals surface area contributed by atoms with Gasteiger partial charge in [-0.3, -0.25) is 53.8 Å². The summed E-state index contributed by atoms with van der Waals surface area (Å²) >= 11 is 8.75. The van der Waals surface area contributed by atoms with Crippen LogP contribution < -0.4 is 54.0 Å². The first-order valence-corrected chi connectivity index (χ1v) is 27.1. The van der Waals surface area contributed by atoms with Gasteiger partial charge in [-0.15, -0.1) is 11.3 Å². The fourth-order valence-corrected chi connectivity index (χ4v) is 10.4. The second-order valence-corrected chi connectivity index (χ2v) is 21.1. The van der Waals surface area contributed by atoms with Crippen molar-refractivity contribution in [2.75, 3.05) is 37.7 Å². The molecular formula is C48H71ClN12O9S2. The van der Waals surface area contributed by atoms with Crippen LogP contribution in [0.2, 0.25) is 5.02 Å². The Balaban J connectivity index is 1.40. The van der Waals surface area contributed by atoms with Crippen LogP contribution in [0, 0.1) is 5.92 Å². The number of thiophene rings is 1. The molecule has 3 aliphatic rings. The zero-order valence-corrected chi connectivity index (χ0v) is 43.7. The molecule has 0 aliphatic carbocycles. The van der Waals surface area contributed by atoms with E-state index in [1.54, 1.807) is 55.1 Å². The van der Waals surface area contributed by atoms with Crippen molar-refractivity contribution in [3.8, 4) is 0 Å². The first kappa shape index (κ1) is 57.6. The Morgan fingerprint density at radius 1 is 0.875 bits per heavy atom. The molecule has 21 nitrogen and oxygen atoms in total. The lowest BCUT2D eigenvalue weighted by Crippen LogP contribution is -2.61. The highest BCUT2D eigenvalue weighted by atomic mass is 35.5. The van der Waals surface area contributed by atoms with Gasteiger partial charge >= 0.3 is 0 Å². The van der Waals surface area contributed by atoms with Crippen LogP contribution in [-0.2, 0) is 56.0 Å². The molecule has 4 heterocycles. The predicted molar refractivity (Wildman–Crippen MR) is 275 cm³/mol. The number of carbonyl (C=O) groups is 9. The Labute approximate surface area is 433 Å². The van der Waals surface area contributed by atoms with Gasteiger partial charge in [0.05, 0.1) is 18.8 Å². The van der Waals surface area contributed by atoms with Crippen LogP contribution in [0.1, 0.15) is 83.1 Å². The van der Waals surface area contributed by atoms with Gasteiger partial charge in [-0.05, 0) is 93.3 Å². The molecule has 1 aromatic carbocycles. The van der Waals surface area contributed by atoms with Crippen LogP contribution in [-0.4, -0.2) is 155 Å². The van der Waals surface area contributed by atoms with E-state index in [1.165, 1.54) is 28.0 Å². The topological polar surface area (TPSA) is 318 Å². The van der Waals surface area contributed by atoms with E-state index in [9.17, 15) is 43.2 Å². The summed E-state index contributed by atoms with van der Waals surface area (Å²) in [5, 5.41) is 25.2. The van der Waals surface area contributed by atoms with E-state index in [4.69, 9.17) is 23.1 Å². The summed E-state index contributed by atoms with van der Waals surface area (Å²) < 4.78 is 0. The van der Waals surface area contributed by atoms with Gasteiger partial charge in [-0.25, -0.2) is 0 Å². The molecule has 2 unspecified atom stereocenters. The number of hydrogen-bond donors (Lipinski definition) is 10. The number of halogens is 1. The standard InChI is InChI=1S/C48H71ClN12O9S2/c1-5-60(6-2)47(69)31(12-7-19-52-41-40(51)59-41)54-45(67)36-13-8-20-61(36)48(70)35-26-71-21-10-14-38(63)53-32(23-28-15-17-29(49)18-16-28)42(64)55-33(24-30-11-9-22-72-30)44(66)58-39(27(3)4)46(68)56-34(25-37(50)62)43(65)57-35/h9,11,15-18,22,27,31-36,39-41,52,59H,5-8,10,12-14,19-21,23-26,51H2,1-4H3,(H2,50,62)(H,53,63)(H,54,67)(H,55,64)(H,56,68)(H,57,65)(H,58,66)/t31-,32+,33+,34+,35+,36+,39+,40?,41?/m1/s1. The number of thioether (sulfide) groups is 1. The fraction of sp³-hybridized carbons (Fsp3) is 0.604. The van der Waals surface area contributed by atoms with Crippen molar-refractivity contribution in [1.29, 1.82) is 0 Å². The van der Waals surface area contributed by atoms with E-state index >= 15 is 0 Å². The van der Waals surface area contributed by atoms with Crippen LogP contribution in [0.3, 0.4) is 0 Å². The molecule has 1 aromatic heterocycles. The average molecular weight is 1060 g/mol. The number of primary amides is 1. The molecule has 3 aliphatic heterocycles. The minimum absolute atomic E-state index is 0.0181. The first-order chi connectivity index (χ1) is 34.4. The van der Waals surface area contributed by atoms with Crippen LogP contribution >= 0.6 is 34.7 Å². The predicted octanol–water partition coefficient (Wildman–Crippen LogP) is -0.403. The normalized spacial score (nSPS) is 25.3. The Bertz CT molecular complexity index is 2200. The van der Waals surface area contributed by atoms with Gasteiger partial charge in [0, 0.05) is 54.5 Å². The molecule has 72 heavy (non-hydrogen) atoms. The highest BCUT2D eigenvalue weighted by Crippen LogP contribution is 2.22. The molecule has 0 bridgehead atoms. The Hall–Kier alpha value is -5.33. The molecule has 5 rings (SSSR count). The van der Waals surface area contributed by atoms with E-state index in [-0.39, 0.29) is 62.6 Å². The van der Waals surface area contributed by atoms with Gasteiger partial charge < -0.3 is 53.2 Å². The van der Waals surface area contributed by atoms with Gasteiger partial charge in [0.15, 0.2) is 0 Å². The molecule has 9 atom stereocenters. The molecule has 0 saturated carbocycles. The monoisotopic (exact) mass is 1060 g/mol. The van der Waals surface area contributed by atoms with Crippen molar-refractivity contribution in [3.05, 3.63) is 57.2 Å². The number of carbonyl (C=O) groups excluding carboxylic acids is 9. The molecular weight excluding hydrogens is 988 g/mol. The minimum Gasteiger partial charge on any atom is -0.370 e. The number of nitrogens with two attached hydrogens (primary N) is 2. The SMILES string of the molecule is CCN(CC)C(=O)[C@@H](CCCNC1NC1N)NC(=O)[C@@H]1CCCN1C(=O)[C@@H]1CSCCCC(=O)N[C@@H](Cc2ccc(Cl)cc2)C(=O)N[C@@H](Cc2cccs2)C(=O)N[C@@H](C(C)C)C(=O)N[C@@H](CC(N)=O)C(=O)N1. The summed E-state index contributed by atoms with van der Waals surface area (Å²) in [6.45, 7) is 8.59. The molecule has 9 amide bonds. The lowest BCUT2D eigenvalue weighted by atomic mass is 10.0. The summed E-state index contributed by atoms with van der Waals surface area (Å²) in [5.41, 5.74) is 12.1. The Kier molecular flexibility index (Phi) is 22.6. The summed E-state index contributed by atoms with van der Waals surface area (Å²) in [6.07, 6.45) is 1.16. The van der Waals surface area contributed by atoms with Crippen LogP contribution in [0.25, 0.3) is 0 Å².